The number of alkyl halides is 4. The number of hydrogen-bond donors (Lipinski definition) is 0. The Morgan fingerprint density at radius 1 is 1.04 bits per heavy atom. The van der Waals surface area contributed by atoms with Gasteiger partial charge in [-0.05, 0) is 62.7 Å². The summed E-state index contributed by atoms with van der Waals surface area (Å²) in [6.07, 6.45) is 7.28. The van der Waals surface area contributed by atoms with E-state index >= 15 is 0 Å². The van der Waals surface area contributed by atoms with Gasteiger partial charge in [-0.3, -0.25) is 4.99 Å². The maximum Gasteiger partial charge on any atom is 0.285 e. The molecule has 0 unspecified atom stereocenters. The van der Waals surface area contributed by atoms with E-state index in [2.05, 4.69) is 9.98 Å². The molecule has 0 amide bonds. The molecule has 0 aromatic heterocycles. The quantitative estimate of drug-likeness (QED) is 0.579. The molecule has 1 heterocycles. The van der Waals surface area contributed by atoms with Gasteiger partial charge in [-0.1, -0.05) is 0 Å². The van der Waals surface area contributed by atoms with Crippen molar-refractivity contribution in [3.63, 3.8) is 0 Å². The highest BCUT2D eigenvalue weighted by atomic mass is 19.3. The van der Waals surface area contributed by atoms with E-state index in [9.17, 15) is 17.6 Å². The maximum absolute atomic E-state index is 13.5. The molecular formula is C19H26F4N2. The Morgan fingerprint density at radius 3 is 2.24 bits per heavy atom. The molecule has 25 heavy (non-hydrogen) atoms. The van der Waals surface area contributed by atoms with Crippen molar-refractivity contribution in [3.05, 3.63) is 0 Å². The van der Waals surface area contributed by atoms with E-state index < -0.39 is 11.8 Å². The highest BCUT2D eigenvalue weighted by molar-refractivity contribution is 6.09. The second kappa shape index (κ2) is 5.53. The third-order valence-electron chi connectivity index (χ3n) is 7.14. The van der Waals surface area contributed by atoms with Crippen molar-refractivity contribution in [2.75, 3.05) is 6.54 Å². The summed E-state index contributed by atoms with van der Waals surface area (Å²) in [6, 6.07) is 0. The lowest BCUT2D eigenvalue weighted by Gasteiger charge is -2.35. The molecule has 0 spiro atoms. The minimum atomic E-state index is -2.90. The van der Waals surface area contributed by atoms with E-state index in [1.54, 1.807) is 0 Å². The van der Waals surface area contributed by atoms with Gasteiger partial charge in [0.15, 0.2) is 0 Å². The van der Waals surface area contributed by atoms with E-state index in [4.69, 9.17) is 0 Å². The summed E-state index contributed by atoms with van der Waals surface area (Å²) in [4.78, 5) is 8.59. The highest BCUT2D eigenvalue weighted by Gasteiger charge is 2.58. The average Bonchev–Trinajstić information content (AvgIpc) is 3.22. The summed E-state index contributed by atoms with van der Waals surface area (Å²) < 4.78 is 53.8. The number of aliphatic imine (C=N–C) groups is 2. The fourth-order valence-corrected chi connectivity index (χ4v) is 5.70. The van der Waals surface area contributed by atoms with Gasteiger partial charge in [0.1, 0.15) is 11.5 Å². The minimum absolute atomic E-state index is 0.0187. The fraction of sp³-hybridized carbons (Fsp3) is 0.895. The van der Waals surface area contributed by atoms with Crippen LogP contribution >= 0.6 is 0 Å². The molecule has 0 aromatic carbocycles. The largest absolute Gasteiger partial charge is 0.285 e. The first-order chi connectivity index (χ1) is 11.6. The zero-order valence-electron chi connectivity index (χ0n) is 14.8. The van der Waals surface area contributed by atoms with Crippen LogP contribution in [0.1, 0.15) is 71.1 Å². The Bertz CT molecular complexity index is 599. The van der Waals surface area contributed by atoms with E-state index in [0.29, 0.717) is 24.6 Å². The van der Waals surface area contributed by atoms with Crippen molar-refractivity contribution < 1.29 is 17.6 Å². The van der Waals surface area contributed by atoms with Crippen molar-refractivity contribution in [2.24, 2.45) is 26.7 Å². The molecule has 3 saturated carbocycles. The van der Waals surface area contributed by atoms with Gasteiger partial charge >= 0.3 is 0 Å². The molecule has 2 nitrogen and oxygen atoms in total. The summed E-state index contributed by atoms with van der Waals surface area (Å²) in [6.45, 7) is 0.902. The minimum Gasteiger partial charge on any atom is -0.264 e. The Balaban J connectivity index is 1.43. The van der Waals surface area contributed by atoms with Crippen molar-refractivity contribution in [1.29, 1.82) is 0 Å². The number of halogens is 4. The van der Waals surface area contributed by atoms with Crippen LogP contribution in [0.25, 0.3) is 0 Å². The van der Waals surface area contributed by atoms with Crippen LogP contribution in [-0.2, 0) is 0 Å². The lowest BCUT2D eigenvalue weighted by molar-refractivity contribution is -0.0506. The lowest BCUT2D eigenvalue weighted by Crippen LogP contribution is -2.28. The number of nitrogens with zero attached hydrogens (tertiary/aromatic N) is 2. The first-order valence-corrected chi connectivity index (χ1v) is 9.50. The fourth-order valence-electron chi connectivity index (χ4n) is 5.70. The van der Waals surface area contributed by atoms with E-state index in [1.807, 2.05) is 0 Å². The Morgan fingerprint density at radius 2 is 1.68 bits per heavy atom. The zero-order chi connectivity index (χ0) is 17.9. The summed E-state index contributed by atoms with van der Waals surface area (Å²) in [7, 11) is 0. The second-order valence-electron chi connectivity index (χ2n) is 9.05. The smallest absolute Gasteiger partial charge is 0.264 e. The van der Waals surface area contributed by atoms with Gasteiger partial charge < -0.3 is 0 Å². The molecule has 0 atom stereocenters. The molecule has 0 radical (unpaired) electrons. The van der Waals surface area contributed by atoms with Gasteiger partial charge in [-0.2, -0.15) is 0 Å². The van der Waals surface area contributed by atoms with Gasteiger partial charge in [0.2, 0.25) is 5.92 Å². The van der Waals surface area contributed by atoms with Gasteiger partial charge in [0.05, 0.1) is 6.54 Å². The summed E-state index contributed by atoms with van der Waals surface area (Å²) in [5, 5.41) is 0. The molecule has 1 aliphatic heterocycles. The predicted molar refractivity (Wildman–Crippen MR) is 89.8 cm³/mol. The number of rotatable bonds is 4. The Hall–Kier alpha value is -0.940. The molecule has 6 heteroatoms. The SMILES string of the molecule is CC(F)(F)C1=NC(C23CCC(CC4CCC(F)(F)CC4)(CC2)C3)=NC1. The topological polar surface area (TPSA) is 24.7 Å². The number of amidine groups is 1. The molecule has 0 aromatic rings. The Kier molecular flexibility index (Phi) is 3.86. The molecule has 3 fully saturated rings. The standard InChI is InChI=1S/C19H26F4N2/c1-16(20,21)14-11-24-15(25-14)18-8-6-17(12-18,7-9-18)10-13-2-4-19(22,23)5-3-13/h13H,2-12H2,1H3. The van der Waals surface area contributed by atoms with E-state index in [0.717, 1.165) is 45.4 Å². The third kappa shape index (κ3) is 3.14. The Labute approximate surface area is 146 Å². The monoisotopic (exact) mass is 358 g/mol. The van der Waals surface area contributed by atoms with Crippen molar-refractivity contribution in [2.45, 2.75) is 83.0 Å². The predicted octanol–water partition coefficient (Wildman–Crippen LogP) is 5.66. The molecule has 4 aliphatic rings. The third-order valence-corrected chi connectivity index (χ3v) is 7.14. The van der Waals surface area contributed by atoms with Gasteiger partial charge in [0.25, 0.3) is 5.92 Å². The van der Waals surface area contributed by atoms with Crippen LogP contribution in [0.4, 0.5) is 17.6 Å². The van der Waals surface area contributed by atoms with E-state index in [-0.39, 0.29) is 35.9 Å². The lowest BCUT2D eigenvalue weighted by atomic mass is 9.72. The van der Waals surface area contributed by atoms with Crippen LogP contribution in [-0.4, -0.2) is 29.9 Å². The second-order valence-corrected chi connectivity index (χ2v) is 9.05. The van der Waals surface area contributed by atoms with Gasteiger partial charge in [-0.15, -0.1) is 0 Å². The average molecular weight is 358 g/mol. The molecular weight excluding hydrogens is 332 g/mol. The molecule has 0 saturated heterocycles. The van der Waals surface area contributed by atoms with E-state index in [1.165, 1.54) is 0 Å². The van der Waals surface area contributed by atoms with Crippen LogP contribution in [0.5, 0.6) is 0 Å². The number of hydrogen-bond acceptors (Lipinski definition) is 2. The maximum atomic E-state index is 13.5. The van der Waals surface area contributed by atoms with Crippen LogP contribution in [0.15, 0.2) is 9.98 Å². The highest BCUT2D eigenvalue weighted by Crippen LogP contribution is 2.65. The zero-order valence-corrected chi connectivity index (χ0v) is 14.8. The summed E-state index contributed by atoms with van der Waals surface area (Å²) >= 11 is 0. The first-order valence-electron chi connectivity index (χ1n) is 9.50. The van der Waals surface area contributed by atoms with Gasteiger partial charge in [-0.25, -0.2) is 22.6 Å². The van der Waals surface area contributed by atoms with Crippen molar-refractivity contribution in [3.8, 4) is 0 Å². The summed E-state index contributed by atoms with van der Waals surface area (Å²) in [5.74, 6) is -4.35. The molecule has 140 valence electrons. The molecule has 2 bridgehead atoms. The van der Waals surface area contributed by atoms with Crippen LogP contribution in [0.3, 0.4) is 0 Å². The first kappa shape index (κ1) is 17.5. The molecule has 0 N–H and O–H groups in total. The summed E-state index contributed by atoms with van der Waals surface area (Å²) in [5.41, 5.74) is -0.0471. The van der Waals surface area contributed by atoms with Crippen LogP contribution in [0.2, 0.25) is 0 Å². The number of fused-ring (bicyclic) bond motifs is 2. The van der Waals surface area contributed by atoms with Gasteiger partial charge in [0, 0.05) is 25.2 Å². The van der Waals surface area contributed by atoms with Crippen LogP contribution in [0, 0.1) is 16.7 Å². The molecule has 4 rings (SSSR count). The molecule has 3 aliphatic carbocycles. The van der Waals surface area contributed by atoms with Crippen LogP contribution < -0.4 is 0 Å². The normalized spacial score (nSPS) is 38.1. The van der Waals surface area contributed by atoms with Crippen molar-refractivity contribution in [1.82, 2.24) is 0 Å². The van der Waals surface area contributed by atoms with Crippen molar-refractivity contribution >= 4 is 11.5 Å².